The highest BCUT2D eigenvalue weighted by atomic mass is 16.5. The van der Waals surface area contributed by atoms with Crippen molar-refractivity contribution < 1.29 is 9.05 Å². The molecule has 0 bridgehead atoms. The lowest BCUT2D eigenvalue weighted by atomic mass is 10.1. The average Bonchev–Trinajstić information content (AvgIpc) is 3.33. The van der Waals surface area contributed by atoms with Crippen LogP contribution in [0.15, 0.2) is 33.3 Å². The summed E-state index contributed by atoms with van der Waals surface area (Å²) in [6.45, 7) is 7.35. The van der Waals surface area contributed by atoms with E-state index < -0.39 is 0 Å². The van der Waals surface area contributed by atoms with Crippen molar-refractivity contribution in [2.45, 2.75) is 26.6 Å². The first-order valence-corrected chi connectivity index (χ1v) is 9.05. The van der Waals surface area contributed by atoms with Crippen molar-refractivity contribution in [1.29, 1.82) is 0 Å². The summed E-state index contributed by atoms with van der Waals surface area (Å²) in [7, 11) is 0. The summed E-state index contributed by atoms with van der Waals surface area (Å²) in [4.78, 5) is 13.4. The second kappa shape index (κ2) is 7.95. The SMILES string of the molecule is Cc1ccc(-c2noc(CN3CCN(Cc4noc(CN)n4)CC3)n2)cc1. The fourth-order valence-corrected chi connectivity index (χ4v) is 3.07. The molecule has 2 N–H and O–H groups in total. The van der Waals surface area contributed by atoms with E-state index in [0.717, 1.165) is 31.7 Å². The Morgan fingerprint density at radius 1 is 0.889 bits per heavy atom. The van der Waals surface area contributed by atoms with Crippen LogP contribution in [-0.4, -0.2) is 56.3 Å². The first-order chi connectivity index (χ1) is 13.2. The molecule has 0 radical (unpaired) electrons. The van der Waals surface area contributed by atoms with Gasteiger partial charge in [-0.05, 0) is 6.92 Å². The third-order valence-electron chi connectivity index (χ3n) is 4.65. The van der Waals surface area contributed by atoms with Crippen LogP contribution < -0.4 is 5.73 Å². The molecule has 142 valence electrons. The molecule has 0 unspecified atom stereocenters. The fourth-order valence-electron chi connectivity index (χ4n) is 3.07. The Bertz CT molecular complexity index is 866. The highest BCUT2D eigenvalue weighted by molar-refractivity contribution is 5.54. The quantitative estimate of drug-likeness (QED) is 0.685. The number of hydrogen-bond acceptors (Lipinski definition) is 9. The Morgan fingerprint density at radius 3 is 2.22 bits per heavy atom. The molecule has 0 amide bonds. The second-order valence-corrected chi connectivity index (χ2v) is 6.74. The van der Waals surface area contributed by atoms with Gasteiger partial charge in [0.05, 0.1) is 19.6 Å². The number of hydrogen-bond donors (Lipinski definition) is 1. The number of aromatic nitrogens is 4. The summed E-state index contributed by atoms with van der Waals surface area (Å²) in [5.41, 5.74) is 7.68. The van der Waals surface area contributed by atoms with Gasteiger partial charge in [-0.25, -0.2) is 0 Å². The molecule has 0 aliphatic carbocycles. The molecule has 0 spiro atoms. The summed E-state index contributed by atoms with van der Waals surface area (Å²) >= 11 is 0. The molecule has 27 heavy (non-hydrogen) atoms. The largest absolute Gasteiger partial charge is 0.338 e. The zero-order chi connectivity index (χ0) is 18.6. The first kappa shape index (κ1) is 17.8. The third kappa shape index (κ3) is 4.38. The van der Waals surface area contributed by atoms with Gasteiger partial charge in [-0.3, -0.25) is 9.80 Å². The van der Waals surface area contributed by atoms with Gasteiger partial charge in [0.15, 0.2) is 5.82 Å². The van der Waals surface area contributed by atoms with Crippen molar-refractivity contribution in [1.82, 2.24) is 30.1 Å². The smallest absolute Gasteiger partial charge is 0.241 e. The lowest BCUT2D eigenvalue weighted by Gasteiger charge is -2.33. The number of nitrogens with zero attached hydrogens (tertiary/aromatic N) is 6. The molecule has 1 fully saturated rings. The molecular formula is C18H23N7O2. The molecule has 0 saturated carbocycles. The summed E-state index contributed by atoms with van der Waals surface area (Å²) in [6, 6.07) is 8.11. The molecule has 2 aromatic heterocycles. The van der Waals surface area contributed by atoms with Gasteiger partial charge in [-0.1, -0.05) is 40.1 Å². The molecule has 1 saturated heterocycles. The molecule has 0 atom stereocenters. The van der Waals surface area contributed by atoms with Crippen LogP contribution in [0.1, 0.15) is 23.2 Å². The van der Waals surface area contributed by atoms with Crippen molar-refractivity contribution in [2.24, 2.45) is 5.73 Å². The van der Waals surface area contributed by atoms with Gasteiger partial charge < -0.3 is 14.8 Å². The number of piperazine rings is 1. The maximum absolute atomic E-state index is 5.50. The van der Waals surface area contributed by atoms with Crippen LogP contribution in [0.3, 0.4) is 0 Å². The Morgan fingerprint density at radius 2 is 1.56 bits per heavy atom. The van der Waals surface area contributed by atoms with Crippen LogP contribution in [-0.2, 0) is 19.6 Å². The van der Waals surface area contributed by atoms with E-state index in [1.165, 1.54) is 5.56 Å². The lowest BCUT2D eigenvalue weighted by molar-refractivity contribution is 0.109. The molecular weight excluding hydrogens is 346 g/mol. The van der Waals surface area contributed by atoms with E-state index in [-0.39, 0.29) is 6.54 Å². The van der Waals surface area contributed by atoms with E-state index >= 15 is 0 Å². The number of rotatable bonds is 6. The van der Waals surface area contributed by atoms with E-state index in [0.29, 0.717) is 36.5 Å². The Balaban J connectivity index is 1.28. The molecule has 4 rings (SSSR count). The van der Waals surface area contributed by atoms with Crippen molar-refractivity contribution in [3.05, 3.63) is 47.4 Å². The van der Waals surface area contributed by atoms with Crippen LogP contribution in [0.5, 0.6) is 0 Å². The number of nitrogens with two attached hydrogens (primary N) is 1. The molecule has 3 aromatic rings. The van der Waals surface area contributed by atoms with Crippen molar-refractivity contribution in [2.75, 3.05) is 26.2 Å². The fraction of sp³-hybridized carbons (Fsp3) is 0.444. The van der Waals surface area contributed by atoms with Crippen LogP contribution in [0.25, 0.3) is 11.4 Å². The van der Waals surface area contributed by atoms with E-state index in [9.17, 15) is 0 Å². The predicted molar refractivity (Wildman–Crippen MR) is 97.2 cm³/mol. The van der Waals surface area contributed by atoms with Gasteiger partial charge in [0.2, 0.25) is 17.6 Å². The highest BCUT2D eigenvalue weighted by Gasteiger charge is 2.21. The summed E-state index contributed by atoms with van der Waals surface area (Å²) < 4.78 is 10.5. The highest BCUT2D eigenvalue weighted by Crippen LogP contribution is 2.17. The van der Waals surface area contributed by atoms with Gasteiger partial charge >= 0.3 is 0 Å². The van der Waals surface area contributed by atoms with Gasteiger partial charge in [0.1, 0.15) is 0 Å². The normalized spacial score (nSPS) is 16.1. The van der Waals surface area contributed by atoms with Gasteiger partial charge in [-0.15, -0.1) is 0 Å². The predicted octanol–water partition coefficient (Wildman–Crippen LogP) is 1.20. The second-order valence-electron chi connectivity index (χ2n) is 6.74. The monoisotopic (exact) mass is 369 g/mol. The van der Waals surface area contributed by atoms with Crippen LogP contribution in [0.2, 0.25) is 0 Å². The van der Waals surface area contributed by atoms with Crippen molar-refractivity contribution in [3.8, 4) is 11.4 Å². The zero-order valence-electron chi connectivity index (χ0n) is 15.3. The zero-order valence-corrected chi connectivity index (χ0v) is 15.3. The lowest BCUT2D eigenvalue weighted by Crippen LogP contribution is -2.45. The van der Waals surface area contributed by atoms with E-state index in [1.54, 1.807) is 0 Å². The van der Waals surface area contributed by atoms with E-state index in [4.69, 9.17) is 14.8 Å². The van der Waals surface area contributed by atoms with Gasteiger partial charge in [0.25, 0.3) is 0 Å². The third-order valence-corrected chi connectivity index (χ3v) is 4.65. The Kier molecular flexibility index (Phi) is 5.23. The minimum absolute atomic E-state index is 0.273. The van der Waals surface area contributed by atoms with Crippen molar-refractivity contribution in [3.63, 3.8) is 0 Å². The van der Waals surface area contributed by atoms with Crippen molar-refractivity contribution >= 4 is 0 Å². The summed E-state index contributed by atoms with van der Waals surface area (Å²) in [5.74, 6) is 2.44. The molecule has 3 heterocycles. The van der Waals surface area contributed by atoms with Gasteiger partial charge in [-0.2, -0.15) is 9.97 Å². The Labute approximate surface area is 157 Å². The first-order valence-electron chi connectivity index (χ1n) is 9.05. The maximum atomic E-state index is 5.50. The van der Waals surface area contributed by atoms with Gasteiger partial charge in [0, 0.05) is 31.7 Å². The van der Waals surface area contributed by atoms with E-state index in [1.807, 2.05) is 24.3 Å². The summed E-state index contributed by atoms with van der Waals surface area (Å²) in [6.07, 6.45) is 0. The Hall–Kier alpha value is -2.62. The van der Waals surface area contributed by atoms with E-state index in [2.05, 4.69) is 37.0 Å². The van der Waals surface area contributed by atoms with Crippen LogP contribution >= 0.6 is 0 Å². The molecule has 1 aromatic carbocycles. The standard InChI is InChI=1S/C18H23N7O2/c1-13-2-4-14(5-3-13)18-21-17(27-23-18)12-25-8-6-24(7-9-25)11-15-20-16(10-19)26-22-15/h2-5H,6-12,19H2,1H3. The minimum Gasteiger partial charge on any atom is -0.338 e. The minimum atomic E-state index is 0.273. The molecule has 1 aliphatic rings. The molecule has 9 heteroatoms. The van der Waals surface area contributed by atoms with Crippen LogP contribution in [0, 0.1) is 6.92 Å². The topological polar surface area (TPSA) is 110 Å². The van der Waals surface area contributed by atoms with Crippen LogP contribution in [0.4, 0.5) is 0 Å². The summed E-state index contributed by atoms with van der Waals surface area (Å²) in [5, 5.41) is 8.05. The number of aryl methyl sites for hydroxylation is 1. The molecule has 1 aliphatic heterocycles. The maximum Gasteiger partial charge on any atom is 0.241 e. The number of benzene rings is 1. The average molecular weight is 369 g/mol. The molecule has 9 nitrogen and oxygen atoms in total.